The van der Waals surface area contributed by atoms with Gasteiger partial charge in [-0.05, 0) is 55.7 Å². The number of hydrogen-bond donors (Lipinski definition) is 0. The quantitative estimate of drug-likeness (QED) is 0.723. The van der Waals surface area contributed by atoms with Gasteiger partial charge in [-0.15, -0.1) is 0 Å². The van der Waals surface area contributed by atoms with Crippen molar-refractivity contribution in [3.63, 3.8) is 0 Å². The zero-order valence-corrected chi connectivity index (χ0v) is 15.3. The van der Waals surface area contributed by atoms with Gasteiger partial charge in [0.2, 0.25) is 0 Å². The van der Waals surface area contributed by atoms with Crippen molar-refractivity contribution in [2.24, 2.45) is 0 Å². The van der Waals surface area contributed by atoms with Crippen LogP contribution >= 0.6 is 0 Å². The number of likely N-dealkylation sites (N-methyl/N-ethyl adjacent to an activating group) is 1. The molecular weight excluding hydrogens is 330 g/mol. The van der Waals surface area contributed by atoms with E-state index in [0.29, 0.717) is 24.5 Å². The van der Waals surface area contributed by atoms with E-state index < -0.39 is 0 Å². The average molecular weight is 355 g/mol. The maximum Gasteiger partial charge on any atom is 0.257 e. The third-order valence-electron chi connectivity index (χ3n) is 4.56. The molecule has 0 atom stereocenters. The van der Waals surface area contributed by atoms with E-state index in [9.17, 15) is 4.79 Å². The molecular formula is C21H25NO4. The van der Waals surface area contributed by atoms with Gasteiger partial charge in [0.25, 0.3) is 5.91 Å². The molecule has 0 unspecified atom stereocenters. The highest BCUT2D eigenvalue weighted by atomic mass is 16.5. The largest absolute Gasteiger partial charge is 0.497 e. The molecule has 0 aromatic heterocycles. The molecule has 26 heavy (non-hydrogen) atoms. The Morgan fingerprint density at radius 3 is 2.42 bits per heavy atom. The highest BCUT2D eigenvalue weighted by Gasteiger charge is 2.23. The van der Waals surface area contributed by atoms with Crippen molar-refractivity contribution in [3.05, 3.63) is 54.1 Å². The molecule has 0 radical (unpaired) electrons. The van der Waals surface area contributed by atoms with Crippen LogP contribution < -0.4 is 14.2 Å². The Morgan fingerprint density at radius 2 is 1.77 bits per heavy atom. The Kier molecular flexibility index (Phi) is 6.00. The van der Waals surface area contributed by atoms with Gasteiger partial charge in [0.1, 0.15) is 23.9 Å². The number of rotatable bonds is 8. The summed E-state index contributed by atoms with van der Waals surface area (Å²) < 4.78 is 16.8. The predicted octanol–water partition coefficient (Wildman–Crippen LogP) is 3.78. The third-order valence-corrected chi connectivity index (χ3v) is 4.56. The van der Waals surface area contributed by atoms with Crippen LogP contribution in [0.5, 0.6) is 17.2 Å². The predicted molar refractivity (Wildman–Crippen MR) is 100 cm³/mol. The van der Waals surface area contributed by atoms with Crippen molar-refractivity contribution in [1.29, 1.82) is 0 Å². The summed E-state index contributed by atoms with van der Waals surface area (Å²) >= 11 is 0. The van der Waals surface area contributed by atoms with Gasteiger partial charge in [-0.25, -0.2) is 0 Å². The molecule has 1 saturated carbocycles. The summed E-state index contributed by atoms with van der Waals surface area (Å²) in [5, 5.41) is 0. The molecule has 1 amide bonds. The second-order valence-electron chi connectivity index (χ2n) is 6.42. The first kappa shape index (κ1) is 18.1. The molecule has 2 aromatic carbocycles. The van der Waals surface area contributed by atoms with Gasteiger partial charge in [-0.1, -0.05) is 12.1 Å². The van der Waals surface area contributed by atoms with Crippen LogP contribution in [0.2, 0.25) is 0 Å². The minimum Gasteiger partial charge on any atom is -0.497 e. The zero-order valence-electron chi connectivity index (χ0n) is 15.3. The van der Waals surface area contributed by atoms with E-state index in [-0.39, 0.29) is 12.0 Å². The minimum atomic E-state index is -0.0572. The van der Waals surface area contributed by atoms with Crippen LogP contribution in [0.15, 0.2) is 48.5 Å². The van der Waals surface area contributed by atoms with Gasteiger partial charge in [0, 0.05) is 7.05 Å². The third kappa shape index (κ3) is 4.48. The first-order chi connectivity index (χ1) is 12.7. The number of benzene rings is 2. The van der Waals surface area contributed by atoms with Crippen LogP contribution in [-0.2, 0) is 0 Å². The van der Waals surface area contributed by atoms with E-state index in [4.69, 9.17) is 14.2 Å². The monoisotopic (exact) mass is 355 g/mol. The zero-order chi connectivity index (χ0) is 18.4. The highest BCUT2D eigenvalue weighted by Crippen LogP contribution is 2.28. The highest BCUT2D eigenvalue weighted by molar-refractivity contribution is 5.96. The normalized spacial score (nSPS) is 13.6. The van der Waals surface area contributed by atoms with Crippen LogP contribution in [0.1, 0.15) is 29.6 Å². The smallest absolute Gasteiger partial charge is 0.257 e. The van der Waals surface area contributed by atoms with Crippen molar-refractivity contribution in [2.45, 2.75) is 25.4 Å². The summed E-state index contributed by atoms with van der Waals surface area (Å²) in [6, 6.07) is 14.8. The molecule has 0 bridgehead atoms. The summed E-state index contributed by atoms with van der Waals surface area (Å²) in [7, 11) is 3.41. The molecule has 1 aliphatic rings. The van der Waals surface area contributed by atoms with Gasteiger partial charge in [0.15, 0.2) is 0 Å². The first-order valence-electron chi connectivity index (χ1n) is 8.95. The summed E-state index contributed by atoms with van der Waals surface area (Å²) in [5.41, 5.74) is 0.603. The van der Waals surface area contributed by atoms with E-state index in [1.807, 2.05) is 48.5 Å². The average Bonchev–Trinajstić information content (AvgIpc) is 2.65. The van der Waals surface area contributed by atoms with Gasteiger partial charge >= 0.3 is 0 Å². The van der Waals surface area contributed by atoms with Crippen molar-refractivity contribution in [2.75, 3.05) is 27.3 Å². The van der Waals surface area contributed by atoms with Gasteiger partial charge in [-0.3, -0.25) is 4.79 Å². The van der Waals surface area contributed by atoms with E-state index in [1.165, 1.54) is 6.42 Å². The molecule has 5 nitrogen and oxygen atoms in total. The molecule has 1 fully saturated rings. The Morgan fingerprint density at radius 1 is 1.08 bits per heavy atom. The Hall–Kier alpha value is -2.69. The Bertz CT molecular complexity index is 725. The lowest BCUT2D eigenvalue weighted by molar-refractivity contribution is 0.0755. The number of ether oxygens (including phenoxy) is 3. The van der Waals surface area contributed by atoms with Crippen LogP contribution in [0.3, 0.4) is 0 Å². The first-order valence-corrected chi connectivity index (χ1v) is 8.95. The molecule has 0 spiro atoms. The van der Waals surface area contributed by atoms with Crippen LogP contribution in [-0.4, -0.2) is 44.2 Å². The lowest BCUT2D eigenvalue weighted by Gasteiger charge is -2.28. The van der Waals surface area contributed by atoms with Crippen molar-refractivity contribution in [3.8, 4) is 17.2 Å². The number of carbonyl (C=O) groups is 1. The molecule has 2 aromatic rings. The summed E-state index contributed by atoms with van der Waals surface area (Å²) in [4.78, 5) is 14.4. The summed E-state index contributed by atoms with van der Waals surface area (Å²) in [5.74, 6) is 2.15. The fourth-order valence-electron chi connectivity index (χ4n) is 2.69. The maximum absolute atomic E-state index is 12.8. The van der Waals surface area contributed by atoms with Crippen molar-refractivity contribution < 1.29 is 19.0 Å². The molecule has 0 aliphatic heterocycles. The molecule has 1 aliphatic carbocycles. The van der Waals surface area contributed by atoms with Gasteiger partial charge in [0.05, 0.1) is 25.3 Å². The standard InChI is InChI=1S/C21H25NO4/c1-22(14-15-25-17-12-10-16(24-2)11-13-17)21(23)19-8-3-4-9-20(19)26-18-6-5-7-18/h3-4,8-13,18H,5-7,14-15H2,1-2H3. The fraction of sp³-hybridized carbons (Fsp3) is 0.381. The molecule has 0 saturated heterocycles. The second-order valence-corrected chi connectivity index (χ2v) is 6.42. The summed E-state index contributed by atoms with van der Waals surface area (Å²) in [6.07, 6.45) is 3.57. The van der Waals surface area contributed by atoms with Crippen molar-refractivity contribution in [1.82, 2.24) is 4.90 Å². The maximum atomic E-state index is 12.8. The number of para-hydroxylation sites is 1. The SMILES string of the molecule is COc1ccc(OCCN(C)C(=O)c2ccccc2OC2CCC2)cc1. The topological polar surface area (TPSA) is 48.0 Å². The van der Waals surface area contributed by atoms with E-state index in [0.717, 1.165) is 24.3 Å². The molecule has 138 valence electrons. The second kappa shape index (κ2) is 8.61. The van der Waals surface area contributed by atoms with Crippen LogP contribution in [0.4, 0.5) is 0 Å². The Balaban J connectivity index is 1.54. The van der Waals surface area contributed by atoms with Gasteiger partial charge < -0.3 is 19.1 Å². The lowest BCUT2D eigenvalue weighted by Crippen LogP contribution is -2.32. The van der Waals surface area contributed by atoms with Crippen LogP contribution in [0.25, 0.3) is 0 Å². The number of hydrogen-bond acceptors (Lipinski definition) is 4. The number of carbonyl (C=O) groups excluding carboxylic acids is 1. The van der Waals surface area contributed by atoms with E-state index >= 15 is 0 Å². The molecule has 0 heterocycles. The Labute approximate surface area is 154 Å². The van der Waals surface area contributed by atoms with E-state index in [1.54, 1.807) is 19.1 Å². The van der Waals surface area contributed by atoms with Crippen molar-refractivity contribution >= 4 is 5.91 Å². The molecule has 0 N–H and O–H groups in total. The molecule has 5 heteroatoms. The molecule has 3 rings (SSSR count). The van der Waals surface area contributed by atoms with E-state index in [2.05, 4.69) is 0 Å². The lowest BCUT2D eigenvalue weighted by atomic mass is 9.96. The minimum absolute atomic E-state index is 0.0572. The van der Waals surface area contributed by atoms with Crippen LogP contribution in [0, 0.1) is 0 Å². The fourth-order valence-corrected chi connectivity index (χ4v) is 2.69. The van der Waals surface area contributed by atoms with Gasteiger partial charge in [-0.2, -0.15) is 0 Å². The number of methoxy groups -OCH3 is 1. The number of amides is 1. The summed E-state index contributed by atoms with van der Waals surface area (Å²) in [6.45, 7) is 0.906. The number of nitrogens with zero attached hydrogens (tertiary/aromatic N) is 1.